The lowest BCUT2D eigenvalue weighted by Gasteiger charge is -2.56. The van der Waals surface area contributed by atoms with Crippen LogP contribution in [-0.2, 0) is 0 Å². The molecule has 2 nitrogen and oxygen atoms in total. The largest absolute Gasteiger partial charge is 0.495 e. The third-order valence-electron chi connectivity index (χ3n) is 5.93. The summed E-state index contributed by atoms with van der Waals surface area (Å²) >= 11 is 6.08. The highest BCUT2D eigenvalue weighted by Crippen LogP contribution is 2.61. The Morgan fingerprint density at radius 3 is 2.24 bits per heavy atom. The highest BCUT2D eigenvalue weighted by Gasteiger charge is 2.54. The molecule has 0 spiro atoms. The van der Waals surface area contributed by atoms with E-state index in [4.69, 9.17) is 16.3 Å². The van der Waals surface area contributed by atoms with E-state index in [-0.39, 0.29) is 5.41 Å². The van der Waals surface area contributed by atoms with Gasteiger partial charge in [-0.2, -0.15) is 0 Å². The van der Waals surface area contributed by atoms with Crippen LogP contribution in [0.3, 0.4) is 0 Å². The number of halogens is 1. The number of rotatable bonds is 3. The zero-order valence-corrected chi connectivity index (χ0v) is 13.2. The molecular formula is C18H21ClO2. The van der Waals surface area contributed by atoms with Gasteiger partial charge >= 0.3 is 0 Å². The van der Waals surface area contributed by atoms with Crippen molar-refractivity contribution in [3.8, 4) is 5.75 Å². The molecular weight excluding hydrogens is 284 g/mol. The maximum atomic E-state index is 13.2. The molecule has 0 aliphatic heterocycles. The van der Waals surface area contributed by atoms with Gasteiger partial charge in [0.1, 0.15) is 5.75 Å². The molecule has 4 aliphatic rings. The summed E-state index contributed by atoms with van der Waals surface area (Å²) in [4.78, 5) is 13.2. The standard InChI is InChI=1S/C18H21ClO2/c1-21-16-7-14(2-3-15(16)19)17(20)18-8-11-4-12(9-18)6-13(5-11)10-18/h2-3,7,11-13H,4-6,8-10H2,1H3. The third kappa shape index (κ3) is 2.11. The first-order valence-corrected chi connectivity index (χ1v) is 8.36. The fourth-order valence-corrected chi connectivity index (χ4v) is 5.69. The number of hydrogen-bond donors (Lipinski definition) is 0. The average molecular weight is 305 g/mol. The zero-order chi connectivity index (χ0) is 14.6. The van der Waals surface area contributed by atoms with Gasteiger partial charge in [0.2, 0.25) is 0 Å². The number of ether oxygens (including phenoxy) is 1. The van der Waals surface area contributed by atoms with Crippen molar-refractivity contribution in [1.82, 2.24) is 0 Å². The van der Waals surface area contributed by atoms with Crippen LogP contribution < -0.4 is 4.74 Å². The Bertz CT molecular complexity index is 558. The Labute approximate surface area is 130 Å². The van der Waals surface area contributed by atoms with E-state index in [0.717, 1.165) is 42.6 Å². The summed E-state index contributed by atoms with van der Waals surface area (Å²) in [5, 5.41) is 0.569. The number of methoxy groups -OCH3 is 1. The van der Waals surface area contributed by atoms with Crippen molar-refractivity contribution in [3.63, 3.8) is 0 Å². The first-order chi connectivity index (χ1) is 10.1. The van der Waals surface area contributed by atoms with Gasteiger partial charge in [-0.05, 0) is 74.5 Å². The Balaban J connectivity index is 1.68. The lowest BCUT2D eigenvalue weighted by Crippen LogP contribution is -2.50. The maximum Gasteiger partial charge on any atom is 0.169 e. The molecule has 0 heterocycles. The number of Topliss-reactive ketones (excluding diaryl/α,β-unsaturated/α-hetero) is 1. The van der Waals surface area contributed by atoms with E-state index in [1.807, 2.05) is 12.1 Å². The molecule has 1 aromatic carbocycles. The van der Waals surface area contributed by atoms with Crippen molar-refractivity contribution in [2.75, 3.05) is 7.11 Å². The van der Waals surface area contributed by atoms with Crippen molar-refractivity contribution in [3.05, 3.63) is 28.8 Å². The highest BCUT2D eigenvalue weighted by molar-refractivity contribution is 6.32. The van der Waals surface area contributed by atoms with Crippen molar-refractivity contribution >= 4 is 17.4 Å². The van der Waals surface area contributed by atoms with Crippen LogP contribution in [0.25, 0.3) is 0 Å². The van der Waals surface area contributed by atoms with E-state index >= 15 is 0 Å². The maximum absolute atomic E-state index is 13.2. The van der Waals surface area contributed by atoms with Crippen LogP contribution in [0.2, 0.25) is 5.02 Å². The number of carbonyl (C=O) groups excluding carboxylic acids is 1. The van der Waals surface area contributed by atoms with Crippen LogP contribution >= 0.6 is 11.6 Å². The van der Waals surface area contributed by atoms with Gasteiger partial charge in [0.05, 0.1) is 12.1 Å². The van der Waals surface area contributed by atoms with E-state index in [1.165, 1.54) is 19.3 Å². The summed E-state index contributed by atoms with van der Waals surface area (Å²) in [6.45, 7) is 0. The SMILES string of the molecule is COc1cc(C(=O)C23CC4CC(CC(C4)C2)C3)ccc1Cl. The first-order valence-electron chi connectivity index (χ1n) is 7.98. The number of carbonyl (C=O) groups is 1. The summed E-state index contributed by atoms with van der Waals surface area (Å²) < 4.78 is 5.27. The van der Waals surface area contributed by atoms with E-state index in [2.05, 4.69) is 0 Å². The van der Waals surface area contributed by atoms with E-state index < -0.39 is 0 Å². The molecule has 0 saturated heterocycles. The van der Waals surface area contributed by atoms with Crippen molar-refractivity contribution in [1.29, 1.82) is 0 Å². The van der Waals surface area contributed by atoms with Gasteiger partial charge in [-0.3, -0.25) is 4.79 Å². The third-order valence-corrected chi connectivity index (χ3v) is 6.25. The molecule has 0 aromatic heterocycles. The van der Waals surface area contributed by atoms with Crippen molar-refractivity contribution in [2.45, 2.75) is 38.5 Å². The molecule has 5 rings (SSSR count). The Morgan fingerprint density at radius 2 is 1.71 bits per heavy atom. The van der Waals surface area contributed by atoms with Crippen LogP contribution in [0.15, 0.2) is 18.2 Å². The van der Waals surface area contributed by atoms with Crippen molar-refractivity contribution < 1.29 is 9.53 Å². The summed E-state index contributed by atoms with van der Waals surface area (Å²) in [7, 11) is 1.60. The second kappa shape index (κ2) is 4.74. The summed E-state index contributed by atoms with van der Waals surface area (Å²) in [6.07, 6.45) is 7.37. The van der Waals surface area contributed by atoms with E-state index in [1.54, 1.807) is 13.2 Å². The highest BCUT2D eigenvalue weighted by atomic mass is 35.5. The van der Waals surface area contributed by atoms with Crippen LogP contribution in [0.4, 0.5) is 0 Å². The zero-order valence-electron chi connectivity index (χ0n) is 12.4. The topological polar surface area (TPSA) is 26.3 Å². The normalized spacial score (nSPS) is 36.8. The minimum atomic E-state index is -0.0897. The average Bonchev–Trinajstić information content (AvgIpc) is 2.45. The van der Waals surface area contributed by atoms with Gasteiger partial charge < -0.3 is 4.74 Å². The van der Waals surface area contributed by atoms with E-state index in [0.29, 0.717) is 16.6 Å². The van der Waals surface area contributed by atoms with Gasteiger partial charge in [-0.25, -0.2) is 0 Å². The van der Waals surface area contributed by atoms with Gasteiger partial charge in [0, 0.05) is 11.0 Å². The molecule has 112 valence electrons. The molecule has 21 heavy (non-hydrogen) atoms. The molecule has 4 bridgehead atoms. The summed E-state index contributed by atoms with van der Waals surface area (Å²) in [5.74, 6) is 3.29. The second-order valence-corrected chi connectivity index (χ2v) is 7.78. The number of hydrogen-bond acceptors (Lipinski definition) is 2. The van der Waals surface area contributed by atoms with Crippen LogP contribution in [0.5, 0.6) is 5.75 Å². The number of benzene rings is 1. The Kier molecular flexibility index (Phi) is 3.08. The van der Waals surface area contributed by atoms with Crippen molar-refractivity contribution in [2.24, 2.45) is 23.2 Å². The molecule has 0 atom stereocenters. The molecule has 3 heteroatoms. The van der Waals surface area contributed by atoms with Gasteiger partial charge in [-0.15, -0.1) is 0 Å². The van der Waals surface area contributed by atoms with Gasteiger partial charge in [0.15, 0.2) is 5.78 Å². The Hall–Kier alpha value is -1.02. The fourth-order valence-electron chi connectivity index (χ4n) is 5.50. The second-order valence-electron chi connectivity index (χ2n) is 7.38. The van der Waals surface area contributed by atoms with Gasteiger partial charge in [0.25, 0.3) is 0 Å². The molecule has 0 unspecified atom stereocenters. The molecule has 4 aliphatic carbocycles. The molecule has 1 aromatic rings. The smallest absolute Gasteiger partial charge is 0.169 e. The summed E-state index contributed by atoms with van der Waals surface area (Å²) in [6, 6.07) is 5.48. The summed E-state index contributed by atoms with van der Waals surface area (Å²) in [5.41, 5.74) is 0.686. The van der Waals surface area contributed by atoms with Crippen LogP contribution in [-0.4, -0.2) is 12.9 Å². The Morgan fingerprint density at radius 1 is 1.14 bits per heavy atom. The molecule has 0 N–H and O–H groups in total. The molecule has 4 fully saturated rings. The minimum Gasteiger partial charge on any atom is -0.495 e. The van der Waals surface area contributed by atoms with E-state index in [9.17, 15) is 4.79 Å². The molecule has 0 amide bonds. The molecule has 0 radical (unpaired) electrons. The predicted molar refractivity (Wildman–Crippen MR) is 82.9 cm³/mol. The quantitative estimate of drug-likeness (QED) is 0.753. The predicted octanol–water partition coefficient (Wildman–Crippen LogP) is 4.75. The monoisotopic (exact) mass is 304 g/mol. The lowest BCUT2D eigenvalue weighted by atomic mass is 9.48. The van der Waals surface area contributed by atoms with Crippen LogP contribution in [0, 0.1) is 23.2 Å². The molecule has 4 saturated carbocycles. The first kappa shape index (κ1) is 13.6. The minimum absolute atomic E-state index is 0.0897. The lowest BCUT2D eigenvalue weighted by molar-refractivity contribution is -0.0353. The van der Waals surface area contributed by atoms with Gasteiger partial charge in [-0.1, -0.05) is 11.6 Å². The van der Waals surface area contributed by atoms with Crippen LogP contribution in [0.1, 0.15) is 48.9 Å². The number of ketones is 1. The fraction of sp³-hybridized carbons (Fsp3) is 0.611.